The fourth-order valence-electron chi connectivity index (χ4n) is 3.60. The number of amides is 1. The minimum atomic E-state index is -0.0637. The maximum atomic E-state index is 12.4. The van der Waals surface area contributed by atoms with Crippen LogP contribution in [0.4, 0.5) is 0 Å². The lowest BCUT2D eigenvalue weighted by Gasteiger charge is -2.36. The number of hydrogen-bond donors (Lipinski definition) is 1. The number of carbonyl (C=O) groups is 1. The summed E-state index contributed by atoms with van der Waals surface area (Å²) in [6, 6.07) is 12.6. The summed E-state index contributed by atoms with van der Waals surface area (Å²) in [5.41, 5.74) is 0.977. The number of nitrogens with one attached hydrogen (secondary N) is 1. The Morgan fingerprint density at radius 3 is 2.86 bits per heavy atom. The summed E-state index contributed by atoms with van der Waals surface area (Å²) in [6.45, 7) is 5.16. The van der Waals surface area contributed by atoms with Gasteiger partial charge in [-0.1, -0.05) is 25.1 Å². The summed E-state index contributed by atoms with van der Waals surface area (Å²) in [5, 5.41) is 6.07. The zero-order chi connectivity index (χ0) is 19.3. The SMILES string of the molecule is CC1CCN(C(CNC(=O)/C=C/c2nc3ccccc3s2)c2cccs2)CC1. The molecule has 1 amide bonds. The summed E-state index contributed by atoms with van der Waals surface area (Å²) < 4.78 is 1.14. The standard InChI is InChI=1S/C22H25N3OS2/c1-16-10-12-25(13-11-16)18(20-7-4-14-27-20)15-23-21(26)8-9-22-24-17-5-2-3-6-19(17)28-22/h2-9,14,16,18H,10-13,15H2,1H3,(H,23,26)/b9-8+. The van der Waals surface area contributed by atoms with E-state index in [9.17, 15) is 4.79 Å². The summed E-state index contributed by atoms with van der Waals surface area (Å²) in [7, 11) is 0. The van der Waals surface area contributed by atoms with Gasteiger partial charge in [0.25, 0.3) is 0 Å². The van der Waals surface area contributed by atoms with Gasteiger partial charge >= 0.3 is 0 Å². The zero-order valence-electron chi connectivity index (χ0n) is 16.0. The number of para-hydroxylation sites is 1. The Balaban J connectivity index is 1.38. The lowest BCUT2D eigenvalue weighted by molar-refractivity contribution is -0.116. The predicted octanol–water partition coefficient (Wildman–Crippen LogP) is 4.96. The van der Waals surface area contributed by atoms with Crippen LogP contribution < -0.4 is 5.32 Å². The van der Waals surface area contributed by atoms with E-state index in [1.54, 1.807) is 28.7 Å². The second-order valence-electron chi connectivity index (χ2n) is 7.35. The molecule has 3 aromatic rings. The smallest absolute Gasteiger partial charge is 0.244 e. The van der Waals surface area contributed by atoms with E-state index in [1.807, 2.05) is 24.3 Å². The fourth-order valence-corrected chi connectivity index (χ4v) is 5.33. The number of thiazole rings is 1. The van der Waals surface area contributed by atoms with Crippen molar-refractivity contribution in [3.05, 3.63) is 57.7 Å². The van der Waals surface area contributed by atoms with E-state index in [0.717, 1.165) is 34.2 Å². The highest BCUT2D eigenvalue weighted by atomic mass is 32.1. The van der Waals surface area contributed by atoms with Crippen molar-refractivity contribution in [3.63, 3.8) is 0 Å². The number of benzene rings is 1. The summed E-state index contributed by atoms with van der Waals surface area (Å²) in [6.07, 6.45) is 5.87. The first-order valence-electron chi connectivity index (χ1n) is 9.78. The van der Waals surface area contributed by atoms with Crippen molar-refractivity contribution in [2.45, 2.75) is 25.8 Å². The van der Waals surface area contributed by atoms with Gasteiger partial charge in [0.15, 0.2) is 0 Å². The highest BCUT2D eigenvalue weighted by molar-refractivity contribution is 7.19. The number of carbonyl (C=O) groups excluding carboxylic acids is 1. The molecule has 0 spiro atoms. The average molecular weight is 412 g/mol. The van der Waals surface area contributed by atoms with Crippen LogP contribution >= 0.6 is 22.7 Å². The molecule has 3 heterocycles. The van der Waals surface area contributed by atoms with Gasteiger partial charge in [-0.05, 0) is 61.5 Å². The first-order chi connectivity index (χ1) is 13.7. The van der Waals surface area contributed by atoms with Crippen molar-refractivity contribution in [2.75, 3.05) is 19.6 Å². The monoisotopic (exact) mass is 411 g/mol. The third-order valence-corrected chi connectivity index (χ3v) is 7.26. The molecule has 4 rings (SSSR count). The highest BCUT2D eigenvalue weighted by Crippen LogP contribution is 2.29. The van der Waals surface area contributed by atoms with Gasteiger partial charge < -0.3 is 5.32 Å². The molecule has 1 fully saturated rings. The fraction of sp³-hybridized carbons (Fsp3) is 0.364. The van der Waals surface area contributed by atoms with Crippen molar-refractivity contribution in [3.8, 4) is 0 Å². The number of fused-ring (bicyclic) bond motifs is 1. The minimum Gasteiger partial charge on any atom is -0.351 e. The maximum Gasteiger partial charge on any atom is 0.244 e. The Morgan fingerprint density at radius 1 is 1.29 bits per heavy atom. The second kappa shape index (κ2) is 8.99. The van der Waals surface area contributed by atoms with Crippen LogP contribution in [0.2, 0.25) is 0 Å². The molecular formula is C22H25N3OS2. The van der Waals surface area contributed by atoms with Crippen molar-refractivity contribution in [2.24, 2.45) is 5.92 Å². The van der Waals surface area contributed by atoms with Crippen molar-refractivity contribution < 1.29 is 4.79 Å². The molecule has 146 valence electrons. The Hall–Kier alpha value is -2.02. The van der Waals surface area contributed by atoms with Gasteiger partial charge in [0.2, 0.25) is 5.91 Å². The van der Waals surface area contributed by atoms with Gasteiger partial charge in [-0.25, -0.2) is 4.98 Å². The zero-order valence-corrected chi connectivity index (χ0v) is 17.6. The molecule has 0 radical (unpaired) electrons. The van der Waals surface area contributed by atoms with Crippen LogP contribution in [0.25, 0.3) is 16.3 Å². The normalized spacial score (nSPS) is 17.3. The van der Waals surface area contributed by atoms with E-state index >= 15 is 0 Å². The van der Waals surface area contributed by atoms with Crippen molar-refractivity contribution >= 4 is 44.9 Å². The molecule has 4 nitrogen and oxygen atoms in total. The van der Waals surface area contributed by atoms with Crippen LogP contribution in [0.3, 0.4) is 0 Å². The molecular weight excluding hydrogens is 386 g/mol. The number of likely N-dealkylation sites (tertiary alicyclic amines) is 1. The Labute approximate surface area is 173 Å². The summed E-state index contributed by atoms with van der Waals surface area (Å²) >= 11 is 3.37. The third kappa shape index (κ3) is 4.69. The molecule has 1 N–H and O–H groups in total. The van der Waals surface area contributed by atoms with Gasteiger partial charge in [-0.15, -0.1) is 22.7 Å². The van der Waals surface area contributed by atoms with Crippen LogP contribution in [-0.4, -0.2) is 35.4 Å². The van der Waals surface area contributed by atoms with Gasteiger partial charge in [0.1, 0.15) is 5.01 Å². The van der Waals surface area contributed by atoms with Gasteiger partial charge in [-0.2, -0.15) is 0 Å². The highest BCUT2D eigenvalue weighted by Gasteiger charge is 2.25. The van der Waals surface area contributed by atoms with Gasteiger partial charge in [-0.3, -0.25) is 9.69 Å². The van der Waals surface area contributed by atoms with E-state index in [-0.39, 0.29) is 11.9 Å². The maximum absolute atomic E-state index is 12.4. The molecule has 1 aromatic carbocycles. The molecule has 1 saturated heterocycles. The summed E-state index contributed by atoms with van der Waals surface area (Å²) in [4.78, 5) is 20.8. The Morgan fingerprint density at radius 2 is 2.11 bits per heavy atom. The first-order valence-corrected chi connectivity index (χ1v) is 11.5. The number of thiophene rings is 1. The molecule has 6 heteroatoms. The van der Waals surface area contributed by atoms with Crippen LogP contribution in [0.1, 0.15) is 35.7 Å². The van der Waals surface area contributed by atoms with Crippen molar-refractivity contribution in [1.82, 2.24) is 15.2 Å². The van der Waals surface area contributed by atoms with Crippen LogP contribution in [0.15, 0.2) is 47.9 Å². The molecule has 0 bridgehead atoms. The van der Waals surface area contributed by atoms with E-state index in [0.29, 0.717) is 6.54 Å². The molecule has 0 saturated carbocycles. The second-order valence-corrected chi connectivity index (χ2v) is 9.39. The number of hydrogen-bond acceptors (Lipinski definition) is 5. The number of nitrogens with zero attached hydrogens (tertiary/aromatic N) is 2. The molecule has 1 atom stereocenters. The molecule has 0 aliphatic carbocycles. The Kier molecular flexibility index (Phi) is 6.20. The quantitative estimate of drug-likeness (QED) is 0.583. The average Bonchev–Trinajstić information content (AvgIpc) is 3.37. The lowest BCUT2D eigenvalue weighted by Crippen LogP contribution is -2.41. The van der Waals surface area contributed by atoms with Gasteiger partial charge in [0, 0.05) is 17.5 Å². The number of piperidine rings is 1. The molecule has 1 unspecified atom stereocenters. The largest absolute Gasteiger partial charge is 0.351 e. The molecule has 1 aliphatic heterocycles. The molecule has 28 heavy (non-hydrogen) atoms. The number of aromatic nitrogens is 1. The topological polar surface area (TPSA) is 45.2 Å². The van der Waals surface area contributed by atoms with Crippen LogP contribution in [-0.2, 0) is 4.79 Å². The van der Waals surface area contributed by atoms with Gasteiger partial charge in [0.05, 0.1) is 16.3 Å². The molecule has 1 aliphatic rings. The van der Waals surface area contributed by atoms with E-state index < -0.39 is 0 Å². The van der Waals surface area contributed by atoms with E-state index in [1.165, 1.54) is 17.7 Å². The first kappa shape index (κ1) is 19.3. The van der Waals surface area contributed by atoms with Crippen molar-refractivity contribution in [1.29, 1.82) is 0 Å². The van der Waals surface area contributed by atoms with E-state index in [2.05, 4.69) is 45.7 Å². The predicted molar refractivity (Wildman–Crippen MR) is 119 cm³/mol. The van der Waals surface area contributed by atoms with Crippen LogP contribution in [0.5, 0.6) is 0 Å². The number of rotatable bonds is 6. The lowest BCUT2D eigenvalue weighted by atomic mass is 9.97. The van der Waals surface area contributed by atoms with Crippen LogP contribution in [0, 0.1) is 5.92 Å². The summed E-state index contributed by atoms with van der Waals surface area (Å²) in [5.74, 6) is 0.734. The third-order valence-electron chi connectivity index (χ3n) is 5.29. The molecule has 2 aromatic heterocycles. The Bertz CT molecular complexity index is 907. The minimum absolute atomic E-state index is 0.0637. The van der Waals surface area contributed by atoms with E-state index in [4.69, 9.17) is 0 Å².